The van der Waals surface area contributed by atoms with Crippen LogP contribution < -0.4 is 14.8 Å². The zero-order chi connectivity index (χ0) is 24.7. The predicted octanol–water partition coefficient (Wildman–Crippen LogP) is 4.98. The summed E-state index contributed by atoms with van der Waals surface area (Å²) in [4.78, 5) is -0.00205. The first-order valence-corrected chi connectivity index (χ1v) is 12.9. The summed E-state index contributed by atoms with van der Waals surface area (Å²) in [6, 6.07) is 23.6. The van der Waals surface area contributed by atoms with Crippen LogP contribution in [-0.2, 0) is 21.3 Å². The summed E-state index contributed by atoms with van der Waals surface area (Å²) in [7, 11) is -2.55. The molecule has 7 nitrogen and oxygen atoms in total. The molecule has 0 radical (unpaired) electrons. The molecule has 0 unspecified atom stereocenters. The lowest BCUT2D eigenvalue weighted by Gasteiger charge is -2.38. The van der Waals surface area contributed by atoms with Gasteiger partial charge in [-0.3, -0.25) is 4.31 Å². The van der Waals surface area contributed by atoms with Crippen LogP contribution >= 0.6 is 15.9 Å². The maximum atomic E-state index is 14.2. The molecular weight excluding hydrogens is 530 g/mol. The molecule has 1 atom stereocenters. The summed E-state index contributed by atoms with van der Waals surface area (Å²) >= 11 is 3.41. The Balaban J connectivity index is 1.72. The highest BCUT2D eigenvalue weighted by Crippen LogP contribution is 2.51. The van der Waals surface area contributed by atoms with Gasteiger partial charge >= 0.3 is 0 Å². The number of hydrogen-bond donors (Lipinski definition) is 1. The Labute approximate surface area is 211 Å². The Morgan fingerprint density at radius 1 is 1.09 bits per heavy atom. The van der Waals surface area contributed by atoms with E-state index in [1.54, 1.807) is 61.7 Å². The highest BCUT2D eigenvalue weighted by molar-refractivity contribution is 9.10. The molecule has 0 aromatic heterocycles. The van der Waals surface area contributed by atoms with Crippen molar-refractivity contribution in [3.05, 3.63) is 110 Å². The average Bonchev–Trinajstić information content (AvgIpc) is 2.86. The summed E-state index contributed by atoms with van der Waals surface area (Å²) in [6.45, 7) is 0.0915. The molecule has 2 heterocycles. The lowest BCUT2D eigenvalue weighted by Crippen LogP contribution is -2.39. The molecule has 2 aliphatic rings. The summed E-state index contributed by atoms with van der Waals surface area (Å²) < 4.78 is 41.7. The highest BCUT2D eigenvalue weighted by atomic mass is 79.9. The number of allylic oxidation sites excluding steroid dienone is 2. The van der Waals surface area contributed by atoms with Gasteiger partial charge in [-0.15, -0.1) is 0 Å². The highest BCUT2D eigenvalue weighted by Gasteiger charge is 2.47. The van der Waals surface area contributed by atoms with E-state index in [0.717, 1.165) is 10.0 Å². The molecule has 0 fully saturated rings. The molecule has 2 aliphatic heterocycles. The van der Waals surface area contributed by atoms with Gasteiger partial charge in [-0.2, -0.15) is 5.26 Å². The zero-order valence-corrected chi connectivity index (χ0v) is 21.0. The molecule has 176 valence electrons. The van der Waals surface area contributed by atoms with Crippen molar-refractivity contribution in [2.75, 3.05) is 11.4 Å². The monoisotopic (exact) mass is 549 g/mol. The summed E-state index contributed by atoms with van der Waals surface area (Å²) in [6.07, 6.45) is 0. The van der Waals surface area contributed by atoms with Gasteiger partial charge in [0.1, 0.15) is 22.3 Å². The first-order chi connectivity index (χ1) is 16.8. The molecule has 35 heavy (non-hydrogen) atoms. The van der Waals surface area contributed by atoms with E-state index in [0.29, 0.717) is 22.6 Å². The van der Waals surface area contributed by atoms with Crippen molar-refractivity contribution >= 4 is 37.4 Å². The Hall–Kier alpha value is -3.74. The largest absolute Gasteiger partial charge is 0.497 e. The van der Waals surface area contributed by atoms with E-state index < -0.39 is 15.9 Å². The molecule has 0 amide bonds. The number of hydrogen-bond acceptors (Lipinski definition) is 6. The Morgan fingerprint density at radius 2 is 1.77 bits per heavy atom. The second-order valence-electron chi connectivity index (χ2n) is 8.05. The number of nitrogens with zero attached hydrogens (tertiary/aromatic N) is 2. The van der Waals surface area contributed by atoms with Crippen LogP contribution in [0.4, 0.5) is 5.69 Å². The van der Waals surface area contributed by atoms with Crippen molar-refractivity contribution in [1.82, 2.24) is 0 Å². The van der Waals surface area contributed by atoms with Gasteiger partial charge in [0.2, 0.25) is 5.88 Å². The maximum absolute atomic E-state index is 14.2. The Bertz CT molecular complexity index is 1520. The first kappa shape index (κ1) is 23.0. The van der Waals surface area contributed by atoms with E-state index in [1.165, 1.54) is 4.31 Å². The first-order valence-electron chi connectivity index (χ1n) is 10.7. The molecule has 0 bridgehead atoms. The van der Waals surface area contributed by atoms with Crippen LogP contribution in [0.5, 0.6) is 5.75 Å². The van der Waals surface area contributed by atoms with Gasteiger partial charge in [0, 0.05) is 10.0 Å². The Kier molecular flexibility index (Phi) is 5.79. The molecule has 9 heteroatoms. The van der Waals surface area contributed by atoms with Crippen LogP contribution in [0.25, 0.3) is 5.76 Å². The number of halogens is 1. The van der Waals surface area contributed by atoms with Crippen LogP contribution in [-0.4, -0.2) is 15.5 Å². The van der Waals surface area contributed by atoms with Gasteiger partial charge in [-0.1, -0.05) is 52.3 Å². The molecule has 3 aromatic carbocycles. The van der Waals surface area contributed by atoms with Crippen molar-refractivity contribution in [2.45, 2.75) is 12.5 Å². The zero-order valence-electron chi connectivity index (χ0n) is 18.6. The number of fused-ring (bicyclic) bond motifs is 2. The van der Waals surface area contributed by atoms with Crippen molar-refractivity contribution < 1.29 is 17.9 Å². The number of ether oxygens (including phenoxy) is 2. The second-order valence-corrected chi connectivity index (χ2v) is 10.8. The van der Waals surface area contributed by atoms with Crippen molar-refractivity contribution in [2.24, 2.45) is 5.73 Å². The number of anilines is 1. The lowest BCUT2D eigenvalue weighted by atomic mass is 9.88. The maximum Gasteiger partial charge on any atom is 0.265 e. The fourth-order valence-corrected chi connectivity index (χ4v) is 6.54. The summed E-state index contributed by atoms with van der Waals surface area (Å²) in [5.41, 5.74) is 8.68. The average molecular weight is 550 g/mol. The Morgan fingerprint density at radius 3 is 2.43 bits per heavy atom. The quantitative estimate of drug-likeness (QED) is 0.491. The van der Waals surface area contributed by atoms with Crippen LogP contribution in [0.2, 0.25) is 0 Å². The van der Waals surface area contributed by atoms with Gasteiger partial charge in [0.05, 0.1) is 25.3 Å². The van der Waals surface area contributed by atoms with Gasteiger partial charge in [-0.25, -0.2) is 8.42 Å². The second kappa shape index (κ2) is 8.80. The summed E-state index contributed by atoms with van der Waals surface area (Å²) in [5.74, 6) is -0.187. The molecule has 0 saturated heterocycles. The standard InChI is InChI=1S/C26H20BrN3O4S/c1-33-19-12-6-16(7-13-19)15-30-22-5-3-2-4-20(22)24-25(35(30,31)32)23(21(14-28)26(29)34-24)17-8-10-18(27)11-9-17/h2-13,23H,15,29H2,1H3/t23-/m1/s1. The smallest absolute Gasteiger partial charge is 0.265 e. The van der Waals surface area contributed by atoms with Crippen molar-refractivity contribution in [3.63, 3.8) is 0 Å². The van der Waals surface area contributed by atoms with E-state index in [2.05, 4.69) is 22.0 Å². The van der Waals surface area contributed by atoms with E-state index >= 15 is 0 Å². The third kappa shape index (κ3) is 3.85. The van der Waals surface area contributed by atoms with Crippen molar-refractivity contribution in [1.29, 1.82) is 5.26 Å². The van der Waals surface area contributed by atoms with Crippen LogP contribution in [0.15, 0.2) is 93.6 Å². The van der Waals surface area contributed by atoms with Gasteiger partial charge < -0.3 is 15.2 Å². The fraction of sp³-hybridized carbons (Fsp3) is 0.115. The van der Waals surface area contributed by atoms with E-state index in [4.69, 9.17) is 15.2 Å². The van der Waals surface area contributed by atoms with E-state index in [9.17, 15) is 13.7 Å². The molecule has 2 N–H and O–H groups in total. The SMILES string of the molecule is COc1ccc(CN2c3ccccc3C3=C([C@H](c4ccc(Br)cc4)C(C#N)=C(N)O3)S2(=O)=O)cc1. The van der Waals surface area contributed by atoms with Crippen LogP contribution in [0.1, 0.15) is 22.6 Å². The van der Waals surface area contributed by atoms with E-state index in [-0.39, 0.29) is 28.7 Å². The van der Waals surface area contributed by atoms with Crippen molar-refractivity contribution in [3.8, 4) is 11.8 Å². The normalized spacial score (nSPS) is 18.3. The van der Waals surface area contributed by atoms with Gasteiger partial charge in [0.25, 0.3) is 10.0 Å². The topological polar surface area (TPSA) is 106 Å². The number of methoxy groups -OCH3 is 1. The lowest BCUT2D eigenvalue weighted by molar-refractivity contribution is 0.357. The molecular formula is C26H20BrN3O4S. The third-order valence-corrected chi connectivity index (χ3v) is 8.46. The number of rotatable bonds is 4. The van der Waals surface area contributed by atoms with Gasteiger partial charge in [-0.05, 0) is 47.5 Å². The number of nitrogens with two attached hydrogens (primary N) is 1. The molecule has 3 aromatic rings. The minimum Gasteiger partial charge on any atom is -0.497 e. The van der Waals surface area contributed by atoms with Crippen LogP contribution in [0, 0.1) is 11.3 Å². The molecule has 0 saturated carbocycles. The number of benzene rings is 3. The summed E-state index contributed by atoms with van der Waals surface area (Å²) in [5, 5.41) is 9.93. The molecule has 5 rings (SSSR count). The number of sulfonamides is 1. The minimum atomic E-state index is -4.12. The number of para-hydroxylation sites is 1. The predicted molar refractivity (Wildman–Crippen MR) is 136 cm³/mol. The molecule has 0 spiro atoms. The van der Waals surface area contributed by atoms with Crippen LogP contribution in [0.3, 0.4) is 0 Å². The van der Waals surface area contributed by atoms with Gasteiger partial charge in [0.15, 0.2) is 5.76 Å². The van der Waals surface area contributed by atoms with E-state index in [1.807, 2.05) is 18.2 Å². The minimum absolute atomic E-state index is 0.00205. The molecule has 0 aliphatic carbocycles. The number of nitriles is 1. The fourth-order valence-electron chi connectivity index (χ4n) is 4.36. The third-order valence-electron chi connectivity index (χ3n) is 6.05.